The van der Waals surface area contributed by atoms with Gasteiger partial charge in [0.15, 0.2) is 0 Å². The number of halogens is 2. The maximum atomic E-state index is 14.3. The first-order chi connectivity index (χ1) is 9.97. The summed E-state index contributed by atoms with van der Waals surface area (Å²) in [5.74, 6) is 0.561. The van der Waals surface area contributed by atoms with E-state index < -0.39 is 0 Å². The van der Waals surface area contributed by atoms with E-state index in [2.05, 4.69) is 4.98 Å². The lowest BCUT2D eigenvalue weighted by Crippen LogP contribution is -2.05. The summed E-state index contributed by atoms with van der Waals surface area (Å²) in [5.41, 5.74) is 8.47. The minimum absolute atomic E-state index is 0.147. The number of nitrogen functional groups attached to an aromatic ring is 1. The molecule has 3 nitrogen and oxygen atoms in total. The van der Waals surface area contributed by atoms with Gasteiger partial charge in [0.25, 0.3) is 0 Å². The first-order valence-electron chi connectivity index (χ1n) is 6.70. The van der Waals surface area contributed by atoms with Crippen LogP contribution in [0.1, 0.15) is 25.6 Å². The Morgan fingerprint density at radius 2 is 1.95 bits per heavy atom. The highest BCUT2D eigenvalue weighted by Gasteiger charge is 2.17. The summed E-state index contributed by atoms with van der Waals surface area (Å²) < 4.78 is 16.1. The lowest BCUT2D eigenvalue weighted by Gasteiger charge is -2.12. The molecule has 1 aromatic heterocycles. The normalized spacial score (nSPS) is 11.5. The Labute approximate surface area is 127 Å². The molecule has 0 unspecified atom stereocenters. The highest BCUT2D eigenvalue weighted by molar-refractivity contribution is 6.30. The zero-order valence-electron chi connectivity index (χ0n) is 11.8. The fourth-order valence-electron chi connectivity index (χ4n) is 2.42. The van der Waals surface area contributed by atoms with E-state index in [9.17, 15) is 4.39 Å². The molecule has 5 heteroatoms. The first-order valence-corrected chi connectivity index (χ1v) is 7.08. The summed E-state index contributed by atoms with van der Waals surface area (Å²) in [7, 11) is 0. The van der Waals surface area contributed by atoms with Gasteiger partial charge in [-0.05, 0) is 36.4 Å². The van der Waals surface area contributed by atoms with Crippen LogP contribution in [0.3, 0.4) is 0 Å². The molecule has 1 heterocycles. The van der Waals surface area contributed by atoms with Crippen molar-refractivity contribution in [3.05, 3.63) is 53.1 Å². The average molecular weight is 304 g/mol. The fraction of sp³-hybridized carbons (Fsp3) is 0.188. The highest BCUT2D eigenvalue weighted by Crippen LogP contribution is 2.29. The summed E-state index contributed by atoms with van der Waals surface area (Å²) >= 11 is 5.84. The first kappa shape index (κ1) is 13.9. The van der Waals surface area contributed by atoms with Crippen molar-refractivity contribution in [3.63, 3.8) is 0 Å². The molecule has 0 atom stereocenters. The van der Waals surface area contributed by atoms with Crippen LogP contribution in [0.25, 0.3) is 16.7 Å². The van der Waals surface area contributed by atoms with Crippen molar-refractivity contribution in [2.24, 2.45) is 0 Å². The third-order valence-electron chi connectivity index (χ3n) is 3.37. The Bertz CT molecular complexity index is 824. The average Bonchev–Trinajstić information content (AvgIpc) is 2.77. The lowest BCUT2D eigenvalue weighted by molar-refractivity contribution is 0.614. The van der Waals surface area contributed by atoms with E-state index in [-0.39, 0.29) is 11.7 Å². The third-order valence-corrected chi connectivity index (χ3v) is 3.61. The van der Waals surface area contributed by atoms with Crippen LogP contribution in [0, 0.1) is 5.82 Å². The van der Waals surface area contributed by atoms with E-state index in [1.165, 1.54) is 6.07 Å². The van der Waals surface area contributed by atoms with Crippen LogP contribution in [0.15, 0.2) is 36.4 Å². The van der Waals surface area contributed by atoms with Gasteiger partial charge in [-0.3, -0.25) is 4.57 Å². The van der Waals surface area contributed by atoms with Gasteiger partial charge < -0.3 is 5.73 Å². The largest absolute Gasteiger partial charge is 0.399 e. The number of aromatic nitrogens is 2. The zero-order chi connectivity index (χ0) is 15.1. The van der Waals surface area contributed by atoms with Crippen molar-refractivity contribution in [2.75, 3.05) is 5.73 Å². The Morgan fingerprint density at radius 1 is 1.19 bits per heavy atom. The van der Waals surface area contributed by atoms with Gasteiger partial charge in [0.2, 0.25) is 0 Å². The summed E-state index contributed by atoms with van der Waals surface area (Å²) in [6, 6.07) is 10.1. The number of imidazole rings is 1. The van der Waals surface area contributed by atoms with Crippen molar-refractivity contribution in [2.45, 2.75) is 19.8 Å². The summed E-state index contributed by atoms with van der Waals surface area (Å²) in [5, 5.41) is 0.371. The number of hydrogen-bond donors (Lipinski definition) is 1. The fourth-order valence-corrected chi connectivity index (χ4v) is 2.58. The molecule has 0 aliphatic rings. The molecule has 21 heavy (non-hydrogen) atoms. The van der Waals surface area contributed by atoms with E-state index in [0.29, 0.717) is 16.4 Å². The number of anilines is 1. The van der Waals surface area contributed by atoms with Gasteiger partial charge in [0.1, 0.15) is 11.6 Å². The smallest absolute Gasteiger partial charge is 0.148 e. The maximum absolute atomic E-state index is 14.3. The molecule has 0 amide bonds. The molecule has 0 saturated carbocycles. The Hall–Kier alpha value is -2.07. The quantitative estimate of drug-likeness (QED) is 0.707. The van der Waals surface area contributed by atoms with E-state index in [1.54, 1.807) is 24.3 Å². The zero-order valence-corrected chi connectivity index (χ0v) is 12.5. The molecule has 3 aromatic rings. The number of benzene rings is 2. The molecule has 3 rings (SSSR count). The monoisotopic (exact) mass is 303 g/mol. The molecule has 0 aliphatic heterocycles. The molecular formula is C16H15ClFN3. The van der Waals surface area contributed by atoms with Crippen LogP contribution in [0.4, 0.5) is 10.1 Å². The number of nitrogens with two attached hydrogens (primary N) is 1. The molecule has 0 bridgehead atoms. The minimum atomic E-state index is -0.375. The molecule has 2 N–H and O–H groups in total. The minimum Gasteiger partial charge on any atom is -0.399 e. The van der Waals surface area contributed by atoms with Crippen molar-refractivity contribution in [1.82, 2.24) is 9.55 Å². The second kappa shape index (κ2) is 5.04. The van der Waals surface area contributed by atoms with Gasteiger partial charge in [-0.1, -0.05) is 25.4 Å². The maximum Gasteiger partial charge on any atom is 0.148 e. The molecule has 0 saturated heterocycles. The summed E-state index contributed by atoms with van der Waals surface area (Å²) in [6.07, 6.45) is 0. The van der Waals surface area contributed by atoms with E-state index >= 15 is 0 Å². The van der Waals surface area contributed by atoms with E-state index in [0.717, 1.165) is 16.9 Å². The highest BCUT2D eigenvalue weighted by atomic mass is 35.5. The van der Waals surface area contributed by atoms with E-state index in [1.807, 2.05) is 24.5 Å². The van der Waals surface area contributed by atoms with E-state index in [4.69, 9.17) is 17.3 Å². The van der Waals surface area contributed by atoms with Crippen LogP contribution in [0.5, 0.6) is 0 Å². The Kier molecular flexibility index (Phi) is 3.33. The van der Waals surface area contributed by atoms with Gasteiger partial charge in [-0.25, -0.2) is 9.37 Å². The standard InChI is InChI=1S/C16H15ClFN3/c1-9(2)16-20-13-8-11(19)4-6-15(13)21(16)14-5-3-10(17)7-12(14)18/h3-9H,19H2,1-2H3. The van der Waals surface area contributed by atoms with Gasteiger partial charge >= 0.3 is 0 Å². The molecule has 108 valence electrons. The number of rotatable bonds is 2. The predicted octanol–water partition coefficient (Wildman–Crippen LogP) is 4.52. The third kappa shape index (κ3) is 2.36. The number of fused-ring (bicyclic) bond motifs is 1. The predicted molar refractivity (Wildman–Crippen MR) is 84.5 cm³/mol. The number of hydrogen-bond acceptors (Lipinski definition) is 2. The van der Waals surface area contributed by atoms with Crippen molar-refractivity contribution in [3.8, 4) is 5.69 Å². The van der Waals surface area contributed by atoms with Crippen LogP contribution in [-0.4, -0.2) is 9.55 Å². The van der Waals surface area contributed by atoms with Gasteiger partial charge in [0.05, 0.1) is 16.7 Å². The second-order valence-electron chi connectivity index (χ2n) is 5.30. The molecule has 0 aliphatic carbocycles. The SMILES string of the molecule is CC(C)c1nc2cc(N)ccc2n1-c1ccc(Cl)cc1F. The van der Waals surface area contributed by atoms with Gasteiger partial charge in [-0.2, -0.15) is 0 Å². The topological polar surface area (TPSA) is 43.8 Å². The van der Waals surface area contributed by atoms with Crippen molar-refractivity contribution < 1.29 is 4.39 Å². The summed E-state index contributed by atoms with van der Waals surface area (Å²) in [4.78, 5) is 4.60. The Morgan fingerprint density at radius 3 is 2.62 bits per heavy atom. The van der Waals surface area contributed by atoms with Crippen LogP contribution >= 0.6 is 11.6 Å². The van der Waals surface area contributed by atoms with Crippen molar-refractivity contribution >= 4 is 28.3 Å². The van der Waals surface area contributed by atoms with Gasteiger partial charge in [-0.15, -0.1) is 0 Å². The second-order valence-corrected chi connectivity index (χ2v) is 5.74. The van der Waals surface area contributed by atoms with Crippen molar-refractivity contribution in [1.29, 1.82) is 0 Å². The molecule has 0 fully saturated rings. The molecular weight excluding hydrogens is 289 g/mol. The van der Waals surface area contributed by atoms with Crippen LogP contribution < -0.4 is 5.73 Å². The number of nitrogens with zero attached hydrogens (tertiary/aromatic N) is 2. The molecule has 0 spiro atoms. The lowest BCUT2D eigenvalue weighted by atomic mass is 10.2. The molecule has 2 aromatic carbocycles. The van der Waals surface area contributed by atoms with Crippen LogP contribution in [0.2, 0.25) is 5.02 Å². The summed E-state index contributed by atoms with van der Waals surface area (Å²) in [6.45, 7) is 4.05. The molecule has 0 radical (unpaired) electrons. The Balaban J connectivity index is 2.36. The van der Waals surface area contributed by atoms with Gasteiger partial charge in [0, 0.05) is 16.6 Å². The van der Waals surface area contributed by atoms with Crippen LogP contribution in [-0.2, 0) is 0 Å².